The molecule has 0 aliphatic carbocycles. The van der Waals surface area contributed by atoms with Gasteiger partial charge in [0.15, 0.2) is 0 Å². The number of rotatable bonds is 8. The van der Waals surface area contributed by atoms with E-state index in [1.165, 1.54) is 43.7 Å². The van der Waals surface area contributed by atoms with Crippen molar-refractivity contribution in [2.75, 3.05) is 39.3 Å². The number of thiophene rings is 1. The molecule has 1 N–H and O–H groups in total. The summed E-state index contributed by atoms with van der Waals surface area (Å²) in [6, 6.07) is 3.42. The maximum atomic E-state index is 12.6. The van der Waals surface area contributed by atoms with Crippen molar-refractivity contribution < 1.29 is 13.2 Å². The second-order valence-electron chi connectivity index (χ2n) is 8.01. The summed E-state index contributed by atoms with van der Waals surface area (Å²) in [6.45, 7) is 7.15. The Labute approximate surface area is 173 Å². The number of piperidine rings is 2. The first-order chi connectivity index (χ1) is 13.5. The van der Waals surface area contributed by atoms with Gasteiger partial charge in [0.05, 0.1) is 0 Å². The zero-order chi connectivity index (χ0) is 20.0. The molecule has 3 heterocycles. The summed E-state index contributed by atoms with van der Waals surface area (Å²) in [5.74, 6) is 0.289. The Balaban J connectivity index is 1.38. The average Bonchev–Trinajstić information content (AvgIpc) is 3.27. The molecule has 1 amide bonds. The standard InChI is InChI=1S/C20H33N3O3S2/c1-17(20(24)21-10-6-13-22-11-3-2-4-12-22)18-8-14-23(15-9-18)28(25,26)19-7-5-16-27-19/h5,7,16-18H,2-4,6,8-15H2,1H3,(H,21,24)/t17-/m1/s1. The first kappa shape index (κ1) is 21.7. The van der Waals surface area contributed by atoms with Crippen molar-refractivity contribution in [3.05, 3.63) is 17.5 Å². The predicted octanol–water partition coefficient (Wildman–Crippen LogP) is 2.78. The summed E-state index contributed by atoms with van der Waals surface area (Å²) in [7, 11) is -3.37. The lowest BCUT2D eigenvalue weighted by Gasteiger charge is -2.33. The number of hydrogen-bond acceptors (Lipinski definition) is 5. The van der Waals surface area contributed by atoms with Crippen LogP contribution in [0, 0.1) is 11.8 Å². The molecule has 1 aromatic heterocycles. The van der Waals surface area contributed by atoms with Gasteiger partial charge in [-0.25, -0.2) is 8.42 Å². The van der Waals surface area contributed by atoms with Gasteiger partial charge in [0.1, 0.15) is 4.21 Å². The highest BCUT2D eigenvalue weighted by atomic mass is 32.2. The molecule has 0 unspecified atom stereocenters. The van der Waals surface area contributed by atoms with Crippen LogP contribution in [0.5, 0.6) is 0 Å². The zero-order valence-electron chi connectivity index (χ0n) is 16.8. The Morgan fingerprint density at radius 2 is 1.93 bits per heavy atom. The number of nitrogens with zero attached hydrogens (tertiary/aromatic N) is 2. The minimum absolute atomic E-state index is 0.0680. The fourth-order valence-corrected chi connectivity index (χ4v) is 6.84. The number of sulfonamides is 1. The van der Waals surface area contributed by atoms with Gasteiger partial charge >= 0.3 is 0 Å². The van der Waals surface area contributed by atoms with Crippen LogP contribution in [0.3, 0.4) is 0 Å². The van der Waals surface area contributed by atoms with Crippen LogP contribution in [0.1, 0.15) is 45.4 Å². The molecule has 8 heteroatoms. The van der Waals surface area contributed by atoms with Crippen molar-refractivity contribution in [1.82, 2.24) is 14.5 Å². The largest absolute Gasteiger partial charge is 0.356 e. The molecule has 0 bridgehead atoms. The normalized spacial score (nSPS) is 21.5. The van der Waals surface area contributed by atoms with E-state index in [1.807, 2.05) is 6.92 Å². The number of likely N-dealkylation sites (tertiary alicyclic amines) is 1. The Morgan fingerprint density at radius 1 is 1.21 bits per heavy atom. The summed E-state index contributed by atoms with van der Waals surface area (Å²) in [5.41, 5.74) is 0. The Bertz CT molecular complexity index is 707. The van der Waals surface area contributed by atoms with Crippen LogP contribution >= 0.6 is 11.3 Å². The average molecular weight is 428 g/mol. The highest BCUT2D eigenvalue weighted by molar-refractivity contribution is 7.91. The van der Waals surface area contributed by atoms with Crippen molar-refractivity contribution in [3.8, 4) is 0 Å². The first-order valence-electron chi connectivity index (χ1n) is 10.5. The molecule has 0 spiro atoms. The van der Waals surface area contributed by atoms with Crippen LogP contribution in [0.2, 0.25) is 0 Å². The topological polar surface area (TPSA) is 69.7 Å². The van der Waals surface area contributed by atoms with E-state index in [0.717, 1.165) is 32.4 Å². The van der Waals surface area contributed by atoms with E-state index < -0.39 is 10.0 Å². The van der Waals surface area contributed by atoms with Crippen LogP contribution in [0.25, 0.3) is 0 Å². The Morgan fingerprint density at radius 3 is 2.57 bits per heavy atom. The van der Waals surface area contributed by atoms with E-state index in [0.29, 0.717) is 17.3 Å². The second-order valence-corrected chi connectivity index (χ2v) is 11.1. The molecular weight excluding hydrogens is 394 g/mol. The SMILES string of the molecule is C[C@@H](C(=O)NCCCN1CCCCC1)C1CCN(S(=O)(=O)c2cccs2)CC1. The number of carbonyl (C=O) groups is 1. The fraction of sp³-hybridized carbons (Fsp3) is 0.750. The third-order valence-corrected chi connectivity index (χ3v) is 9.38. The minimum atomic E-state index is -3.37. The summed E-state index contributed by atoms with van der Waals surface area (Å²) < 4.78 is 27.2. The number of hydrogen-bond donors (Lipinski definition) is 1. The molecule has 0 aromatic carbocycles. The van der Waals surface area contributed by atoms with Gasteiger partial charge in [0.25, 0.3) is 10.0 Å². The van der Waals surface area contributed by atoms with Crippen molar-refractivity contribution in [3.63, 3.8) is 0 Å². The second kappa shape index (κ2) is 10.2. The molecular formula is C20H33N3O3S2. The van der Waals surface area contributed by atoms with E-state index >= 15 is 0 Å². The molecule has 158 valence electrons. The number of nitrogens with one attached hydrogen (secondary N) is 1. The first-order valence-corrected chi connectivity index (χ1v) is 12.8. The van der Waals surface area contributed by atoms with E-state index in [-0.39, 0.29) is 17.7 Å². The van der Waals surface area contributed by atoms with Gasteiger partial charge in [-0.3, -0.25) is 4.79 Å². The molecule has 0 radical (unpaired) electrons. The molecule has 0 saturated carbocycles. The summed E-state index contributed by atoms with van der Waals surface area (Å²) in [4.78, 5) is 15.0. The lowest BCUT2D eigenvalue weighted by atomic mass is 9.85. The highest BCUT2D eigenvalue weighted by Crippen LogP contribution is 2.29. The predicted molar refractivity (Wildman–Crippen MR) is 113 cm³/mol. The van der Waals surface area contributed by atoms with Gasteiger partial charge in [-0.15, -0.1) is 11.3 Å². The molecule has 1 atom stereocenters. The minimum Gasteiger partial charge on any atom is -0.356 e. The van der Waals surface area contributed by atoms with Gasteiger partial charge in [-0.2, -0.15) is 4.31 Å². The van der Waals surface area contributed by atoms with E-state index in [2.05, 4.69) is 10.2 Å². The van der Waals surface area contributed by atoms with E-state index in [9.17, 15) is 13.2 Å². The molecule has 6 nitrogen and oxygen atoms in total. The smallest absolute Gasteiger partial charge is 0.252 e. The van der Waals surface area contributed by atoms with Gasteiger partial charge in [-0.05, 0) is 69.1 Å². The molecule has 2 aliphatic heterocycles. The maximum absolute atomic E-state index is 12.6. The lowest BCUT2D eigenvalue weighted by molar-refractivity contribution is -0.126. The molecule has 2 aliphatic rings. The third kappa shape index (κ3) is 5.55. The molecule has 2 saturated heterocycles. The Hall–Kier alpha value is -0.960. The zero-order valence-corrected chi connectivity index (χ0v) is 18.4. The molecule has 1 aromatic rings. The van der Waals surface area contributed by atoms with Gasteiger partial charge in [-0.1, -0.05) is 19.4 Å². The summed E-state index contributed by atoms with van der Waals surface area (Å²) in [6.07, 6.45) is 6.42. The number of amides is 1. The maximum Gasteiger partial charge on any atom is 0.252 e. The van der Waals surface area contributed by atoms with Crippen LogP contribution in [0.4, 0.5) is 0 Å². The third-order valence-electron chi connectivity index (χ3n) is 6.11. The van der Waals surface area contributed by atoms with Crippen LogP contribution in [-0.2, 0) is 14.8 Å². The van der Waals surface area contributed by atoms with E-state index in [1.54, 1.807) is 21.8 Å². The monoisotopic (exact) mass is 427 g/mol. The van der Waals surface area contributed by atoms with Gasteiger partial charge < -0.3 is 10.2 Å². The van der Waals surface area contributed by atoms with Gasteiger partial charge in [0, 0.05) is 25.6 Å². The lowest BCUT2D eigenvalue weighted by Crippen LogP contribution is -2.42. The summed E-state index contributed by atoms with van der Waals surface area (Å²) >= 11 is 1.26. The van der Waals surface area contributed by atoms with Crippen molar-refractivity contribution in [2.45, 2.75) is 49.7 Å². The molecule has 28 heavy (non-hydrogen) atoms. The van der Waals surface area contributed by atoms with Crippen molar-refractivity contribution in [2.24, 2.45) is 11.8 Å². The quantitative estimate of drug-likeness (QED) is 0.648. The van der Waals surface area contributed by atoms with Crippen molar-refractivity contribution in [1.29, 1.82) is 0 Å². The van der Waals surface area contributed by atoms with Crippen LogP contribution in [0.15, 0.2) is 21.7 Å². The van der Waals surface area contributed by atoms with Crippen LogP contribution < -0.4 is 5.32 Å². The van der Waals surface area contributed by atoms with E-state index in [4.69, 9.17) is 0 Å². The number of carbonyl (C=O) groups excluding carboxylic acids is 1. The summed E-state index contributed by atoms with van der Waals surface area (Å²) in [5, 5.41) is 4.88. The van der Waals surface area contributed by atoms with Crippen LogP contribution in [-0.4, -0.2) is 62.8 Å². The Kier molecular flexibility index (Phi) is 7.91. The molecule has 3 rings (SSSR count). The van der Waals surface area contributed by atoms with Gasteiger partial charge in [0.2, 0.25) is 5.91 Å². The fourth-order valence-electron chi connectivity index (χ4n) is 4.23. The highest BCUT2D eigenvalue weighted by Gasteiger charge is 2.33. The van der Waals surface area contributed by atoms with Crippen molar-refractivity contribution >= 4 is 27.3 Å². The molecule has 2 fully saturated rings.